The number of alkyl halides is 3. The number of aliphatic imine (C=N–C) groups is 1. The van der Waals surface area contributed by atoms with Crippen molar-refractivity contribution in [3.05, 3.63) is 28.8 Å². The first-order valence-electron chi connectivity index (χ1n) is 7.53. The van der Waals surface area contributed by atoms with Crippen LogP contribution in [0.3, 0.4) is 0 Å². The van der Waals surface area contributed by atoms with E-state index in [-0.39, 0.29) is 22.4 Å². The highest BCUT2D eigenvalue weighted by molar-refractivity contribution is 8.16. The molecule has 2 fully saturated rings. The number of halogens is 4. The smallest absolute Gasteiger partial charge is 0.316 e. The lowest BCUT2D eigenvalue weighted by Gasteiger charge is -2.25. The maximum atomic E-state index is 13.2. The van der Waals surface area contributed by atoms with Gasteiger partial charge in [-0.1, -0.05) is 23.4 Å². The van der Waals surface area contributed by atoms with Crippen molar-refractivity contribution in [3.8, 4) is 6.07 Å². The van der Waals surface area contributed by atoms with Gasteiger partial charge in [-0.15, -0.1) is 0 Å². The number of amides is 1. The van der Waals surface area contributed by atoms with Crippen molar-refractivity contribution >= 4 is 50.0 Å². The minimum Gasteiger partial charge on any atom is -0.316 e. The maximum Gasteiger partial charge on any atom is 0.417 e. The third kappa shape index (κ3) is 4.07. The summed E-state index contributed by atoms with van der Waals surface area (Å²) in [6.45, 7) is 0. The molecule has 0 spiro atoms. The number of carbonyl (C=O) groups is 1. The fourth-order valence-corrected chi connectivity index (χ4v) is 7.12. The fourth-order valence-electron chi connectivity index (χ4n) is 2.96. The molecule has 1 aromatic rings. The molecule has 0 aliphatic carbocycles. The number of hydrogen-bond donors (Lipinski definition) is 0. The molecular weight excluding hydrogens is 427 g/mol. The van der Waals surface area contributed by atoms with Crippen molar-refractivity contribution in [2.75, 3.05) is 16.4 Å². The molecule has 2 aliphatic heterocycles. The van der Waals surface area contributed by atoms with Crippen LogP contribution in [0.25, 0.3) is 0 Å². The Hall–Kier alpha value is -1.77. The fraction of sp³-hybridized carbons (Fsp3) is 0.400. The summed E-state index contributed by atoms with van der Waals surface area (Å²) in [5, 5.41) is 7.72. The number of benzene rings is 1. The third-order valence-corrected chi connectivity index (χ3v) is 7.59. The molecule has 144 valence electrons. The average molecular weight is 438 g/mol. The van der Waals surface area contributed by atoms with Gasteiger partial charge in [-0.25, -0.2) is 8.42 Å². The second kappa shape index (κ2) is 7.00. The van der Waals surface area contributed by atoms with Crippen molar-refractivity contribution < 1.29 is 26.4 Å². The molecule has 3 rings (SSSR count). The highest BCUT2D eigenvalue weighted by Crippen LogP contribution is 2.43. The summed E-state index contributed by atoms with van der Waals surface area (Å²) in [6.07, 6.45) is -5.19. The summed E-state index contributed by atoms with van der Waals surface area (Å²) in [6, 6.07) is 4.18. The third-order valence-electron chi connectivity index (χ3n) is 4.05. The van der Waals surface area contributed by atoms with Gasteiger partial charge in [0, 0.05) is 10.9 Å². The van der Waals surface area contributed by atoms with Crippen molar-refractivity contribution in [2.24, 2.45) is 4.99 Å². The van der Waals surface area contributed by atoms with Crippen molar-refractivity contribution in [3.63, 3.8) is 0 Å². The van der Waals surface area contributed by atoms with Gasteiger partial charge in [0.1, 0.15) is 6.42 Å². The lowest BCUT2D eigenvalue weighted by molar-refractivity contribution is -0.137. The molecule has 1 amide bonds. The van der Waals surface area contributed by atoms with Crippen LogP contribution in [-0.2, 0) is 20.8 Å². The summed E-state index contributed by atoms with van der Waals surface area (Å²) < 4.78 is 63.5. The standard InChI is InChI=1S/C15H11ClF3N3O3S2/c16-10-2-1-8(5-9(10)15(17,18)19)22-11-6-27(24,25)7-12(11)26-14(22)21-13(23)3-4-20/h1-2,5,11-12H,3,6-7H2/t11-,12+/m1/s1. The summed E-state index contributed by atoms with van der Waals surface area (Å²) in [7, 11) is -3.36. The van der Waals surface area contributed by atoms with E-state index < -0.39 is 50.2 Å². The van der Waals surface area contributed by atoms with Gasteiger partial charge < -0.3 is 4.90 Å². The molecule has 12 heteroatoms. The average Bonchev–Trinajstić information content (AvgIpc) is 2.98. The van der Waals surface area contributed by atoms with E-state index in [1.807, 2.05) is 0 Å². The number of carbonyl (C=O) groups excluding carboxylic acids is 1. The van der Waals surface area contributed by atoms with E-state index in [0.29, 0.717) is 0 Å². The molecule has 27 heavy (non-hydrogen) atoms. The Bertz CT molecular complexity index is 973. The van der Waals surface area contributed by atoms with E-state index in [4.69, 9.17) is 16.9 Å². The lowest BCUT2D eigenvalue weighted by Crippen LogP contribution is -2.37. The molecule has 0 radical (unpaired) electrons. The van der Waals surface area contributed by atoms with Gasteiger partial charge in [0.15, 0.2) is 15.0 Å². The van der Waals surface area contributed by atoms with Gasteiger partial charge in [0.2, 0.25) is 0 Å². The zero-order chi connectivity index (χ0) is 20.0. The predicted octanol–water partition coefficient (Wildman–Crippen LogP) is 2.87. The SMILES string of the molecule is N#CCC(=O)N=C1S[C@H]2CS(=O)(=O)C[C@H]2N1c1ccc(Cl)c(C(F)(F)F)c1. The van der Waals surface area contributed by atoms with Crippen molar-refractivity contribution in [2.45, 2.75) is 23.9 Å². The number of thioether (sulfide) groups is 1. The zero-order valence-corrected chi connectivity index (χ0v) is 15.8. The number of sulfone groups is 1. The summed E-state index contributed by atoms with van der Waals surface area (Å²) in [5.41, 5.74) is -1.04. The Morgan fingerprint density at radius 1 is 1.41 bits per heavy atom. The number of nitrogens with zero attached hydrogens (tertiary/aromatic N) is 3. The molecule has 1 aromatic carbocycles. The molecule has 2 saturated heterocycles. The minimum absolute atomic E-state index is 0.0346. The topological polar surface area (TPSA) is 90.6 Å². The zero-order valence-electron chi connectivity index (χ0n) is 13.4. The number of hydrogen-bond acceptors (Lipinski definition) is 5. The molecule has 6 nitrogen and oxygen atoms in total. The van der Waals surface area contributed by atoms with Crippen LogP contribution in [-0.4, -0.2) is 42.3 Å². The Kier molecular flexibility index (Phi) is 5.18. The van der Waals surface area contributed by atoms with E-state index in [1.165, 1.54) is 11.0 Å². The predicted molar refractivity (Wildman–Crippen MR) is 95.4 cm³/mol. The van der Waals surface area contributed by atoms with Crippen LogP contribution in [0, 0.1) is 11.3 Å². The van der Waals surface area contributed by atoms with Gasteiger partial charge in [-0.2, -0.15) is 23.4 Å². The maximum absolute atomic E-state index is 13.2. The Balaban J connectivity index is 2.08. The van der Waals surface area contributed by atoms with E-state index in [9.17, 15) is 26.4 Å². The first-order chi connectivity index (χ1) is 12.5. The van der Waals surface area contributed by atoms with Crippen LogP contribution >= 0.6 is 23.4 Å². The van der Waals surface area contributed by atoms with Crippen LogP contribution in [0.1, 0.15) is 12.0 Å². The summed E-state index contributed by atoms with van der Waals surface area (Å²) in [4.78, 5) is 16.9. The van der Waals surface area contributed by atoms with Crippen LogP contribution < -0.4 is 4.90 Å². The van der Waals surface area contributed by atoms with E-state index >= 15 is 0 Å². The van der Waals surface area contributed by atoms with Gasteiger partial charge >= 0.3 is 6.18 Å². The van der Waals surface area contributed by atoms with Gasteiger partial charge in [0.25, 0.3) is 5.91 Å². The van der Waals surface area contributed by atoms with Crippen LogP contribution in [0.5, 0.6) is 0 Å². The molecule has 2 aliphatic rings. The molecule has 0 aromatic heterocycles. The largest absolute Gasteiger partial charge is 0.417 e. The monoisotopic (exact) mass is 437 g/mol. The van der Waals surface area contributed by atoms with Crippen LogP contribution in [0.2, 0.25) is 5.02 Å². The second-order valence-electron chi connectivity index (χ2n) is 5.96. The molecule has 2 heterocycles. The Labute approximate surface area is 161 Å². The minimum atomic E-state index is -4.70. The van der Waals surface area contributed by atoms with Crippen LogP contribution in [0.4, 0.5) is 18.9 Å². The quantitative estimate of drug-likeness (QED) is 0.706. The van der Waals surface area contributed by atoms with E-state index in [1.54, 1.807) is 6.07 Å². The first kappa shape index (κ1) is 20.0. The van der Waals surface area contributed by atoms with Crippen LogP contribution in [0.15, 0.2) is 23.2 Å². The van der Waals surface area contributed by atoms with E-state index in [2.05, 4.69) is 4.99 Å². The van der Waals surface area contributed by atoms with Gasteiger partial charge in [-0.3, -0.25) is 4.79 Å². The Morgan fingerprint density at radius 3 is 2.74 bits per heavy atom. The number of nitriles is 1. The second-order valence-corrected chi connectivity index (χ2v) is 9.72. The lowest BCUT2D eigenvalue weighted by atomic mass is 10.1. The van der Waals surface area contributed by atoms with E-state index in [0.717, 1.165) is 23.9 Å². The van der Waals surface area contributed by atoms with Gasteiger partial charge in [-0.05, 0) is 18.2 Å². The van der Waals surface area contributed by atoms with Crippen molar-refractivity contribution in [1.82, 2.24) is 0 Å². The number of amidine groups is 1. The highest BCUT2D eigenvalue weighted by atomic mass is 35.5. The molecule has 0 bridgehead atoms. The molecular formula is C15H11ClF3N3O3S2. The molecule has 0 N–H and O–H groups in total. The molecule has 0 unspecified atom stereocenters. The number of fused-ring (bicyclic) bond motifs is 1. The highest BCUT2D eigenvalue weighted by Gasteiger charge is 2.49. The molecule has 0 saturated carbocycles. The molecule has 2 atom stereocenters. The summed E-state index contributed by atoms with van der Waals surface area (Å²) in [5.74, 6) is -1.18. The first-order valence-corrected chi connectivity index (χ1v) is 10.6. The normalized spacial score (nSPS) is 25.4. The summed E-state index contributed by atoms with van der Waals surface area (Å²) >= 11 is 6.66. The number of rotatable bonds is 2. The Morgan fingerprint density at radius 2 is 2.11 bits per heavy atom. The van der Waals surface area contributed by atoms with Crippen molar-refractivity contribution in [1.29, 1.82) is 5.26 Å². The number of anilines is 1. The van der Waals surface area contributed by atoms with Gasteiger partial charge in [0.05, 0.1) is 34.2 Å².